The fourth-order valence-electron chi connectivity index (χ4n) is 1.27. The van der Waals surface area contributed by atoms with Crippen molar-refractivity contribution in [1.29, 1.82) is 0 Å². The zero-order valence-corrected chi connectivity index (χ0v) is 16.2. The fourth-order valence-corrected chi connectivity index (χ4v) is 1.27. The normalized spacial score (nSPS) is 12.8. The van der Waals surface area contributed by atoms with E-state index < -0.39 is 36.0 Å². The average molecular weight is 409 g/mol. The van der Waals surface area contributed by atoms with Crippen LogP contribution in [0.2, 0.25) is 0 Å². The average Bonchev–Trinajstić information content (AvgIpc) is 2.59. The van der Waals surface area contributed by atoms with Gasteiger partial charge in [0.2, 0.25) is 0 Å². The first-order valence-corrected chi connectivity index (χ1v) is 8.57. The Bertz CT molecular complexity index is 470. The van der Waals surface area contributed by atoms with Crippen LogP contribution >= 0.6 is 0 Å². The van der Waals surface area contributed by atoms with Gasteiger partial charge in [-0.15, -0.1) is 0 Å². The van der Waals surface area contributed by atoms with Crippen molar-refractivity contribution in [3.8, 4) is 0 Å². The third-order valence-corrected chi connectivity index (χ3v) is 2.96. The van der Waals surface area contributed by atoms with E-state index in [4.69, 9.17) is 49.7 Å². The Hall–Kier alpha value is -2.48. The van der Waals surface area contributed by atoms with Gasteiger partial charge >= 0.3 is 17.9 Å². The molecule has 13 nitrogen and oxygen atoms in total. The lowest BCUT2D eigenvalue weighted by Gasteiger charge is -2.03. The Balaban J connectivity index is -0.000000354. The number of nitrogens with zero attached hydrogens (tertiary/aromatic N) is 1. The zero-order valence-electron chi connectivity index (χ0n) is 16.2. The van der Waals surface area contributed by atoms with Gasteiger partial charge in [0.1, 0.15) is 18.1 Å². The first-order chi connectivity index (χ1) is 12.9. The maximum absolute atomic E-state index is 10.2. The molecule has 0 aliphatic rings. The molecule has 166 valence electrons. The number of unbranched alkanes of at least 4 members (excludes halogenated alkanes) is 1. The Morgan fingerprint density at radius 1 is 0.821 bits per heavy atom. The van der Waals surface area contributed by atoms with Crippen molar-refractivity contribution < 1.29 is 29.7 Å². The summed E-state index contributed by atoms with van der Waals surface area (Å²) in [7, 11) is 0. The molecule has 0 amide bonds. The summed E-state index contributed by atoms with van der Waals surface area (Å²) in [6, 6.07) is -2.27. The molecular formula is C15H35N7O6. The summed E-state index contributed by atoms with van der Waals surface area (Å²) < 4.78 is 0. The molecule has 0 aliphatic heterocycles. The molecule has 0 rings (SSSR count). The molecule has 0 aromatic rings. The van der Waals surface area contributed by atoms with Crippen LogP contribution in [0, 0.1) is 0 Å². The predicted molar refractivity (Wildman–Crippen MR) is 105 cm³/mol. The second kappa shape index (κ2) is 19.3. The van der Waals surface area contributed by atoms with Gasteiger partial charge in [-0.1, -0.05) is 6.42 Å². The number of rotatable bonds is 11. The first-order valence-electron chi connectivity index (χ1n) is 8.57. The number of hydrogen-bond donors (Lipinski definition) is 9. The van der Waals surface area contributed by atoms with Gasteiger partial charge in [-0.25, -0.2) is 0 Å². The number of aliphatic carboxylic acids is 3. The van der Waals surface area contributed by atoms with Crippen LogP contribution in [0.4, 0.5) is 0 Å². The van der Waals surface area contributed by atoms with Crippen LogP contribution in [0.1, 0.15) is 39.0 Å². The fraction of sp³-hybridized carbons (Fsp3) is 0.733. The standard InChI is InChI=1S/C6H14N4O2.C6H14N2O2.C3H7NO2/c7-4(5(11)12)2-1-3-10-6(8)9;7-4-2-1-3-5(8)6(9)10;1-2(4)3(5)6/h4H,1-3,7H2,(H,11,12)(H4,8,9,10);5H,1-4,7-8H2,(H,9,10);2H,4H2,1H3,(H,5,6)/t4-;5-;2-/m000/s1. The van der Waals surface area contributed by atoms with Gasteiger partial charge in [-0.3, -0.25) is 19.4 Å². The lowest BCUT2D eigenvalue weighted by atomic mass is 10.1. The number of carbonyl (C=O) groups is 3. The van der Waals surface area contributed by atoms with Gasteiger partial charge in [0.15, 0.2) is 5.96 Å². The summed E-state index contributed by atoms with van der Waals surface area (Å²) in [5.41, 5.74) is 30.6. The van der Waals surface area contributed by atoms with E-state index in [9.17, 15) is 14.4 Å². The molecule has 0 aromatic carbocycles. The van der Waals surface area contributed by atoms with Gasteiger partial charge in [-0.2, -0.15) is 0 Å². The van der Waals surface area contributed by atoms with Crippen LogP contribution in [0.5, 0.6) is 0 Å². The molecule has 15 N–H and O–H groups in total. The maximum atomic E-state index is 10.2. The van der Waals surface area contributed by atoms with Crippen LogP contribution < -0.4 is 34.4 Å². The highest BCUT2D eigenvalue weighted by atomic mass is 16.4. The SMILES string of the molecule is C[C@H](N)C(=O)O.NC(N)=NCCC[C@H](N)C(=O)O.NCCCC[C@H](N)C(=O)O. The number of carboxylic acid groups (broad SMARTS) is 3. The third kappa shape index (κ3) is 25.8. The molecule has 28 heavy (non-hydrogen) atoms. The zero-order chi connectivity index (χ0) is 22.7. The van der Waals surface area contributed by atoms with E-state index in [1.807, 2.05) is 0 Å². The van der Waals surface area contributed by atoms with Gasteiger partial charge in [-0.05, 0) is 39.2 Å². The molecular weight excluding hydrogens is 374 g/mol. The van der Waals surface area contributed by atoms with Crippen molar-refractivity contribution in [2.45, 2.75) is 57.2 Å². The lowest BCUT2D eigenvalue weighted by molar-refractivity contribution is -0.139. The highest BCUT2D eigenvalue weighted by Crippen LogP contribution is 1.97. The van der Waals surface area contributed by atoms with E-state index in [1.165, 1.54) is 6.92 Å². The highest BCUT2D eigenvalue weighted by Gasteiger charge is 2.10. The Morgan fingerprint density at radius 3 is 1.50 bits per heavy atom. The van der Waals surface area contributed by atoms with E-state index in [0.29, 0.717) is 32.4 Å². The minimum Gasteiger partial charge on any atom is -0.480 e. The summed E-state index contributed by atoms with van der Waals surface area (Å²) >= 11 is 0. The summed E-state index contributed by atoms with van der Waals surface area (Å²) in [5.74, 6) is -2.88. The Morgan fingerprint density at radius 2 is 1.21 bits per heavy atom. The van der Waals surface area contributed by atoms with Crippen LogP contribution in [-0.2, 0) is 14.4 Å². The predicted octanol–water partition coefficient (Wildman–Crippen LogP) is -2.60. The quantitative estimate of drug-likeness (QED) is 0.0963. The van der Waals surface area contributed by atoms with Gasteiger partial charge in [0, 0.05) is 6.54 Å². The Labute approximate surface area is 164 Å². The van der Waals surface area contributed by atoms with Gasteiger partial charge in [0.25, 0.3) is 0 Å². The molecule has 0 unspecified atom stereocenters. The van der Waals surface area contributed by atoms with E-state index in [-0.39, 0.29) is 5.96 Å². The number of aliphatic imine (C=N–C) groups is 1. The summed E-state index contributed by atoms with van der Waals surface area (Å²) in [4.78, 5) is 33.6. The molecule has 0 bridgehead atoms. The van der Waals surface area contributed by atoms with Crippen LogP contribution in [0.3, 0.4) is 0 Å². The molecule has 0 radical (unpaired) electrons. The number of nitrogens with two attached hydrogens (primary N) is 6. The van der Waals surface area contributed by atoms with Crippen molar-refractivity contribution in [2.75, 3.05) is 13.1 Å². The molecule has 0 spiro atoms. The van der Waals surface area contributed by atoms with Crippen molar-refractivity contribution in [3.05, 3.63) is 0 Å². The molecule has 0 aliphatic carbocycles. The topological polar surface area (TPSA) is 280 Å². The van der Waals surface area contributed by atoms with Gasteiger partial charge < -0.3 is 49.7 Å². The molecule has 0 fully saturated rings. The highest BCUT2D eigenvalue weighted by molar-refractivity contribution is 5.75. The van der Waals surface area contributed by atoms with Crippen LogP contribution in [-0.4, -0.2) is 70.4 Å². The summed E-state index contributed by atoms with van der Waals surface area (Å²) in [6.07, 6.45) is 3.12. The smallest absolute Gasteiger partial charge is 0.320 e. The third-order valence-electron chi connectivity index (χ3n) is 2.96. The monoisotopic (exact) mass is 409 g/mol. The molecule has 0 heterocycles. The molecule has 0 aromatic heterocycles. The van der Waals surface area contributed by atoms with Crippen molar-refractivity contribution in [3.63, 3.8) is 0 Å². The largest absolute Gasteiger partial charge is 0.480 e. The van der Waals surface area contributed by atoms with Crippen molar-refractivity contribution in [2.24, 2.45) is 39.4 Å². The second-order valence-electron chi connectivity index (χ2n) is 5.75. The maximum Gasteiger partial charge on any atom is 0.320 e. The molecule has 3 atom stereocenters. The van der Waals surface area contributed by atoms with Crippen molar-refractivity contribution >= 4 is 23.9 Å². The van der Waals surface area contributed by atoms with E-state index in [0.717, 1.165) is 12.8 Å². The minimum absolute atomic E-state index is 0.0129. The van der Waals surface area contributed by atoms with Crippen molar-refractivity contribution in [1.82, 2.24) is 0 Å². The van der Waals surface area contributed by atoms with E-state index in [2.05, 4.69) is 4.99 Å². The molecule has 13 heteroatoms. The lowest BCUT2D eigenvalue weighted by Crippen LogP contribution is -2.30. The summed E-state index contributed by atoms with van der Waals surface area (Å²) in [6.45, 7) is 2.44. The van der Waals surface area contributed by atoms with Crippen LogP contribution in [0.25, 0.3) is 0 Å². The van der Waals surface area contributed by atoms with E-state index in [1.54, 1.807) is 0 Å². The van der Waals surface area contributed by atoms with E-state index >= 15 is 0 Å². The first kappa shape index (κ1) is 30.3. The minimum atomic E-state index is -1.00. The summed E-state index contributed by atoms with van der Waals surface area (Å²) in [5, 5.41) is 24.6. The molecule has 0 saturated heterocycles. The second-order valence-corrected chi connectivity index (χ2v) is 5.75. The van der Waals surface area contributed by atoms with Crippen LogP contribution in [0.15, 0.2) is 4.99 Å². The number of carboxylic acids is 3. The Kier molecular flexibility index (Phi) is 20.8. The van der Waals surface area contributed by atoms with Gasteiger partial charge in [0.05, 0.1) is 0 Å². The molecule has 0 saturated carbocycles. The number of guanidine groups is 1. The number of hydrogen-bond acceptors (Lipinski definition) is 8.